The molecule has 0 saturated carbocycles. The number of rotatable bonds is 4. The summed E-state index contributed by atoms with van der Waals surface area (Å²) in [5.74, 6) is 1.02. The second kappa shape index (κ2) is 5.30. The summed E-state index contributed by atoms with van der Waals surface area (Å²) in [5, 5.41) is 0. The number of carbonyl (C=O) groups is 1. The highest BCUT2D eigenvalue weighted by Crippen LogP contribution is 2.26. The van der Waals surface area contributed by atoms with Gasteiger partial charge in [0.2, 0.25) is 0 Å². The van der Waals surface area contributed by atoms with Gasteiger partial charge in [0.05, 0.1) is 12.2 Å². The minimum Gasteiger partial charge on any atom is -0.370 e. The van der Waals surface area contributed by atoms with Crippen LogP contribution in [-0.4, -0.2) is 18.5 Å². The summed E-state index contributed by atoms with van der Waals surface area (Å²) in [6, 6.07) is 0. The van der Waals surface area contributed by atoms with Crippen LogP contribution < -0.4 is 0 Å². The molecule has 0 amide bonds. The molecule has 2 heteroatoms. The van der Waals surface area contributed by atoms with Gasteiger partial charge in [0.25, 0.3) is 0 Å². The highest BCUT2D eigenvalue weighted by molar-refractivity contribution is 5.50. The normalized spacial score (nSPS) is 34.1. The van der Waals surface area contributed by atoms with Crippen molar-refractivity contribution in [2.75, 3.05) is 0 Å². The van der Waals surface area contributed by atoms with Crippen LogP contribution in [0, 0.1) is 11.8 Å². The Hall–Kier alpha value is -0.630. The fourth-order valence-corrected chi connectivity index (χ4v) is 1.89. The molecule has 80 valence electrons. The summed E-state index contributed by atoms with van der Waals surface area (Å²) in [7, 11) is 0. The lowest BCUT2D eigenvalue weighted by atomic mass is 9.89. The van der Waals surface area contributed by atoms with Gasteiger partial charge in [-0.05, 0) is 5.92 Å². The van der Waals surface area contributed by atoms with Gasteiger partial charge in [-0.2, -0.15) is 0 Å². The topological polar surface area (TPSA) is 26.3 Å². The van der Waals surface area contributed by atoms with Crippen molar-refractivity contribution in [2.45, 2.75) is 45.8 Å². The van der Waals surface area contributed by atoms with Gasteiger partial charge < -0.3 is 9.53 Å². The Morgan fingerprint density at radius 1 is 1.50 bits per heavy atom. The smallest absolute Gasteiger partial charge is 0.122 e. The van der Waals surface area contributed by atoms with Crippen LogP contribution in [0.3, 0.4) is 0 Å². The SMILES string of the molecule is CC[C@@H](C)[C@H]1O[C@H](CC=O)C=C[C@@H]1C. The number of hydrogen-bond donors (Lipinski definition) is 0. The Labute approximate surface area is 86.3 Å². The molecule has 0 radical (unpaired) electrons. The van der Waals surface area contributed by atoms with Crippen LogP contribution in [0.1, 0.15) is 33.6 Å². The van der Waals surface area contributed by atoms with Crippen molar-refractivity contribution < 1.29 is 9.53 Å². The van der Waals surface area contributed by atoms with Crippen LogP contribution in [0.4, 0.5) is 0 Å². The Balaban J connectivity index is 2.60. The fourth-order valence-electron chi connectivity index (χ4n) is 1.89. The molecule has 1 heterocycles. The van der Waals surface area contributed by atoms with E-state index in [0.29, 0.717) is 18.3 Å². The fraction of sp³-hybridized carbons (Fsp3) is 0.750. The predicted octanol–water partition coefficient (Wildman–Crippen LogP) is 2.58. The van der Waals surface area contributed by atoms with Crippen LogP contribution >= 0.6 is 0 Å². The van der Waals surface area contributed by atoms with Crippen LogP contribution in [-0.2, 0) is 9.53 Å². The molecule has 1 aliphatic rings. The van der Waals surface area contributed by atoms with Gasteiger partial charge in [0, 0.05) is 12.3 Å². The van der Waals surface area contributed by atoms with Crippen molar-refractivity contribution in [1.82, 2.24) is 0 Å². The van der Waals surface area contributed by atoms with E-state index >= 15 is 0 Å². The van der Waals surface area contributed by atoms with Gasteiger partial charge in [-0.15, -0.1) is 0 Å². The maximum atomic E-state index is 10.4. The Bertz CT molecular complexity index is 210. The third-order valence-electron chi connectivity index (χ3n) is 3.01. The number of aldehydes is 1. The average Bonchev–Trinajstić information content (AvgIpc) is 2.20. The zero-order valence-corrected chi connectivity index (χ0v) is 9.27. The lowest BCUT2D eigenvalue weighted by molar-refractivity contribution is -0.112. The molecule has 0 N–H and O–H groups in total. The summed E-state index contributed by atoms with van der Waals surface area (Å²) < 4.78 is 5.87. The second-order valence-electron chi connectivity index (χ2n) is 4.17. The molecule has 0 aromatic heterocycles. The Kier molecular flexibility index (Phi) is 4.33. The van der Waals surface area contributed by atoms with E-state index in [0.717, 1.165) is 12.7 Å². The van der Waals surface area contributed by atoms with E-state index in [-0.39, 0.29) is 12.2 Å². The van der Waals surface area contributed by atoms with E-state index in [9.17, 15) is 4.79 Å². The van der Waals surface area contributed by atoms with Crippen molar-refractivity contribution in [3.05, 3.63) is 12.2 Å². The van der Waals surface area contributed by atoms with Gasteiger partial charge in [0.15, 0.2) is 0 Å². The molecule has 0 bridgehead atoms. The molecule has 0 spiro atoms. The van der Waals surface area contributed by atoms with Crippen LogP contribution in [0.5, 0.6) is 0 Å². The molecule has 0 saturated heterocycles. The molecule has 4 atom stereocenters. The van der Waals surface area contributed by atoms with Gasteiger partial charge in [-0.25, -0.2) is 0 Å². The molecule has 1 rings (SSSR count). The first-order chi connectivity index (χ1) is 6.69. The molecule has 14 heavy (non-hydrogen) atoms. The van der Waals surface area contributed by atoms with Crippen molar-refractivity contribution >= 4 is 6.29 Å². The highest BCUT2D eigenvalue weighted by Gasteiger charge is 2.27. The summed E-state index contributed by atoms with van der Waals surface area (Å²) in [6.07, 6.45) is 7.00. The summed E-state index contributed by atoms with van der Waals surface area (Å²) in [6.45, 7) is 6.55. The van der Waals surface area contributed by atoms with Crippen molar-refractivity contribution in [1.29, 1.82) is 0 Å². The summed E-state index contributed by atoms with van der Waals surface area (Å²) >= 11 is 0. The first-order valence-corrected chi connectivity index (χ1v) is 5.46. The summed E-state index contributed by atoms with van der Waals surface area (Å²) in [4.78, 5) is 10.4. The standard InChI is InChI=1S/C12H20O2/c1-4-9(2)12-10(3)5-6-11(14-12)7-8-13/h5-6,8-12H,4,7H2,1-3H3/t9-,10+,11+,12-/m1/s1. The quantitative estimate of drug-likeness (QED) is 0.510. The molecular formula is C12H20O2. The van der Waals surface area contributed by atoms with Crippen molar-refractivity contribution in [2.24, 2.45) is 11.8 Å². The predicted molar refractivity (Wildman–Crippen MR) is 57.1 cm³/mol. The number of carbonyl (C=O) groups excluding carboxylic acids is 1. The Morgan fingerprint density at radius 3 is 2.79 bits per heavy atom. The van der Waals surface area contributed by atoms with E-state index in [4.69, 9.17) is 4.74 Å². The maximum Gasteiger partial charge on any atom is 0.122 e. The molecule has 0 unspecified atom stereocenters. The van der Waals surface area contributed by atoms with E-state index < -0.39 is 0 Å². The van der Waals surface area contributed by atoms with Gasteiger partial charge >= 0.3 is 0 Å². The zero-order chi connectivity index (χ0) is 10.6. The van der Waals surface area contributed by atoms with Gasteiger partial charge in [-0.3, -0.25) is 0 Å². The first kappa shape index (κ1) is 11.4. The molecule has 2 nitrogen and oxygen atoms in total. The van der Waals surface area contributed by atoms with E-state index in [1.165, 1.54) is 0 Å². The lowest BCUT2D eigenvalue weighted by Gasteiger charge is -2.33. The van der Waals surface area contributed by atoms with Crippen LogP contribution in [0.25, 0.3) is 0 Å². The second-order valence-corrected chi connectivity index (χ2v) is 4.17. The largest absolute Gasteiger partial charge is 0.370 e. The molecule has 0 aromatic carbocycles. The Morgan fingerprint density at radius 2 is 2.21 bits per heavy atom. The molecule has 0 aliphatic carbocycles. The van der Waals surface area contributed by atoms with E-state index in [1.807, 2.05) is 6.08 Å². The molecular weight excluding hydrogens is 176 g/mol. The molecule has 0 fully saturated rings. The lowest BCUT2D eigenvalue weighted by Crippen LogP contribution is -2.35. The average molecular weight is 196 g/mol. The third kappa shape index (κ3) is 2.68. The number of ether oxygens (including phenoxy) is 1. The van der Waals surface area contributed by atoms with E-state index in [1.54, 1.807) is 0 Å². The zero-order valence-electron chi connectivity index (χ0n) is 9.27. The maximum absolute atomic E-state index is 10.4. The van der Waals surface area contributed by atoms with Crippen molar-refractivity contribution in [3.8, 4) is 0 Å². The van der Waals surface area contributed by atoms with Crippen molar-refractivity contribution in [3.63, 3.8) is 0 Å². The molecule has 0 aromatic rings. The van der Waals surface area contributed by atoms with Crippen LogP contribution in [0.15, 0.2) is 12.2 Å². The van der Waals surface area contributed by atoms with Gasteiger partial charge in [0.1, 0.15) is 6.29 Å². The summed E-state index contributed by atoms with van der Waals surface area (Å²) in [5.41, 5.74) is 0. The van der Waals surface area contributed by atoms with E-state index in [2.05, 4.69) is 26.8 Å². The number of hydrogen-bond acceptors (Lipinski definition) is 2. The first-order valence-electron chi connectivity index (χ1n) is 5.46. The highest BCUT2D eigenvalue weighted by atomic mass is 16.5. The van der Waals surface area contributed by atoms with Gasteiger partial charge in [-0.1, -0.05) is 39.3 Å². The van der Waals surface area contributed by atoms with Crippen LogP contribution in [0.2, 0.25) is 0 Å². The third-order valence-corrected chi connectivity index (χ3v) is 3.01. The minimum atomic E-state index is 0.00250. The minimum absolute atomic E-state index is 0.00250. The molecule has 1 aliphatic heterocycles. The monoisotopic (exact) mass is 196 g/mol.